The van der Waals surface area contributed by atoms with E-state index < -0.39 is 0 Å². The van der Waals surface area contributed by atoms with E-state index in [1.54, 1.807) is 0 Å². The second-order valence-corrected chi connectivity index (χ2v) is 7.82. The van der Waals surface area contributed by atoms with Crippen LogP contribution in [-0.2, 0) is 4.74 Å². The Balaban J connectivity index is 1.74. The first-order valence-corrected chi connectivity index (χ1v) is 9.80. The van der Waals surface area contributed by atoms with Crippen LogP contribution in [0.15, 0.2) is 52.2 Å². The van der Waals surface area contributed by atoms with E-state index in [9.17, 15) is 0 Å². The zero-order chi connectivity index (χ0) is 18.9. The highest BCUT2D eigenvalue weighted by atomic mass is 16.5. The Morgan fingerprint density at radius 2 is 2.19 bits per heavy atom. The van der Waals surface area contributed by atoms with Gasteiger partial charge in [0, 0.05) is 40.3 Å². The standard InChI is InChI=1S/C22H28N4O/c1-4-20(22(3)9-10-22)25-21(24-15-26-12-13-27-14-16(26)2)18-6-5-7-19-17(18)8-11-23-19/h4-8,11,15-16,23H,9-10,12-14H2,1-3H3/b20-4-,24-15?,25-21?/t16-/m1/s1. The van der Waals surface area contributed by atoms with Gasteiger partial charge < -0.3 is 14.6 Å². The van der Waals surface area contributed by atoms with Gasteiger partial charge in [-0.3, -0.25) is 0 Å². The molecule has 0 bridgehead atoms. The summed E-state index contributed by atoms with van der Waals surface area (Å²) in [5.41, 5.74) is 3.51. The van der Waals surface area contributed by atoms with Crippen LogP contribution in [0.1, 0.15) is 39.2 Å². The zero-order valence-corrected chi connectivity index (χ0v) is 16.4. The molecule has 1 aliphatic heterocycles. The number of benzene rings is 1. The molecule has 1 aliphatic carbocycles. The average Bonchev–Trinajstić information content (AvgIpc) is 3.24. The molecule has 2 fully saturated rings. The maximum absolute atomic E-state index is 5.54. The van der Waals surface area contributed by atoms with Crippen LogP contribution in [0.25, 0.3) is 10.9 Å². The van der Waals surface area contributed by atoms with Crippen LogP contribution < -0.4 is 0 Å². The molecule has 1 atom stereocenters. The van der Waals surface area contributed by atoms with Crippen molar-refractivity contribution in [3.8, 4) is 0 Å². The number of ether oxygens (including phenoxy) is 1. The zero-order valence-electron chi connectivity index (χ0n) is 16.4. The summed E-state index contributed by atoms with van der Waals surface area (Å²) in [5, 5.41) is 1.15. The predicted molar refractivity (Wildman–Crippen MR) is 111 cm³/mol. The SMILES string of the molecule is C/C=C(\N=C(N=CN1CCOC[C@H]1C)c1cccc2[nH]ccc12)C1(C)CC1. The van der Waals surface area contributed by atoms with Gasteiger partial charge in [-0.2, -0.15) is 0 Å². The number of aromatic amines is 1. The Bertz CT molecular complexity index is 904. The molecule has 1 saturated heterocycles. The Morgan fingerprint density at radius 3 is 2.93 bits per heavy atom. The Labute approximate surface area is 160 Å². The third-order valence-electron chi connectivity index (χ3n) is 5.70. The summed E-state index contributed by atoms with van der Waals surface area (Å²) in [4.78, 5) is 15.4. The number of nitrogens with one attached hydrogen (secondary N) is 1. The molecule has 2 heterocycles. The molecule has 2 aliphatic rings. The minimum atomic E-state index is 0.202. The molecule has 0 spiro atoms. The summed E-state index contributed by atoms with van der Waals surface area (Å²) in [7, 11) is 0. The summed E-state index contributed by atoms with van der Waals surface area (Å²) >= 11 is 0. The molecule has 142 valence electrons. The highest BCUT2D eigenvalue weighted by Gasteiger charge is 2.41. The predicted octanol–water partition coefficient (Wildman–Crippen LogP) is 4.37. The van der Waals surface area contributed by atoms with E-state index in [0.717, 1.165) is 47.8 Å². The molecule has 1 saturated carbocycles. The maximum atomic E-state index is 5.54. The first kappa shape index (κ1) is 18.0. The average molecular weight is 364 g/mol. The van der Waals surface area contributed by atoms with Crippen molar-refractivity contribution in [3.05, 3.63) is 47.8 Å². The number of allylic oxidation sites excluding steroid dienone is 2. The van der Waals surface area contributed by atoms with Gasteiger partial charge in [-0.05, 0) is 38.8 Å². The van der Waals surface area contributed by atoms with Crippen molar-refractivity contribution in [2.45, 2.75) is 39.7 Å². The molecule has 4 rings (SSSR count). The van der Waals surface area contributed by atoms with Crippen LogP contribution in [0, 0.1) is 5.41 Å². The summed E-state index contributed by atoms with van der Waals surface area (Å²) in [5.74, 6) is 0.778. The van der Waals surface area contributed by atoms with E-state index >= 15 is 0 Å². The highest BCUT2D eigenvalue weighted by Crippen LogP contribution is 2.51. The van der Waals surface area contributed by atoms with E-state index in [1.165, 1.54) is 12.8 Å². The number of morpholine rings is 1. The molecule has 0 amide bonds. The minimum Gasteiger partial charge on any atom is -0.377 e. The first-order valence-electron chi connectivity index (χ1n) is 9.80. The topological polar surface area (TPSA) is 53.0 Å². The fraction of sp³-hybridized carbons (Fsp3) is 0.455. The van der Waals surface area contributed by atoms with E-state index in [4.69, 9.17) is 14.7 Å². The monoisotopic (exact) mass is 364 g/mol. The quantitative estimate of drug-likeness (QED) is 0.647. The molecule has 1 aromatic carbocycles. The van der Waals surface area contributed by atoms with Crippen LogP contribution in [0.4, 0.5) is 0 Å². The summed E-state index contributed by atoms with van der Waals surface area (Å²) in [6, 6.07) is 8.68. The Morgan fingerprint density at radius 1 is 1.33 bits per heavy atom. The lowest BCUT2D eigenvalue weighted by Crippen LogP contribution is -2.42. The molecule has 0 radical (unpaired) electrons. The van der Waals surface area contributed by atoms with Gasteiger partial charge in [-0.1, -0.05) is 25.1 Å². The highest BCUT2D eigenvalue weighted by molar-refractivity contribution is 6.12. The van der Waals surface area contributed by atoms with Crippen molar-refractivity contribution < 1.29 is 4.74 Å². The number of H-pyrrole nitrogens is 1. The number of hydrogen-bond donors (Lipinski definition) is 1. The van der Waals surface area contributed by atoms with Crippen molar-refractivity contribution in [1.82, 2.24) is 9.88 Å². The van der Waals surface area contributed by atoms with Gasteiger partial charge in [0.2, 0.25) is 0 Å². The number of amidine groups is 1. The Kier molecular flexibility index (Phi) is 4.87. The molecule has 1 aromatic heterocycles. The fourth-order valence-electron chi connectivity index (χ4n) is 3.59. The number of hydrogen-bond acceptors (Lipinski definition) is 2. The van der Waals surface area contributed by atoms with E-state index in [1.807, 2.05) is 12.5 Å². The van der Waals surface area contributed by atoms with Crippen LogP contribution in [0.2, 0.25) is 0 Å². The van der Waals surface area contributed by atoms with Gasteiger partial charge in [0.15, 0.2) is 5.84 Å². The number of rotatable bonds is 4. The van der Waals surface area contributed by atoms with Crippen LogP contribution in [0.5, 0.6) is 0 Å². The van der Waals surface area contributed by atoms with Crippen LogP contribution in [-0.4, -0.2) is 47.9 Å². The van der Waals surface area contributed by atoms with Gasteiger partial charge in [-0.15, -0.1) is 0 Å². The molecule has 2 aromatic rings. The lowest BCUT2D eigenvalue weighted by molar-refractivity contribution is 0.0356. The maximum Gasteiger partial charge on any atom is 0.161 e. The van der Waals surface area contributed by atoms with E-state index in [0.29, 0.717) is 6.04 Å². The number of aliphatic imine (C=N–C) groups is 2. The van der Waals surface area contributed by atoms with Crippen LogP contribution in [0.3, 0.4) is 0 Å². The van der Waals surface area contributed by atoms with Crippen molar-refractivity contribution in [2.24, 2.45) is 15.4 Å². The van der Waals surface area contributed by atoms with Gasteiger partial charge in [0.05, 0.1) is 25.6 Å². The van der Waals surface area contributed by atoms with Gasteiger partial charge in [0.1, 0.15) is 0 Å². The molecule has 0 unspecified atom stereocenters. The van der Waals surface area contributed by atoms with Gasteiger partial charge in [-0.25, -0.2) is 9.98 Å². The lowest BCUT2D eigenvalue weighted by Gasteiger charge is -2.31. The third-order valence-corrected chi connectivity index (χ3v) is 5.70. The van der Waals surface area contributed by atoms with Crippen molar-refractivity contribution in [2.75, 3.05) is 19.8 Å². The molecule has 27 heavy (non-hydrogen) atoms. The molecular weight excluding hydrogens is 336 g/mol. The van der Waals surface area contributed by atoms with Crippen molar-refractivity contribution in [1.29, 1.82) is 0 Å². The van der Waals surface area contributed by atoms with Crippen molar-refractivity contribution >= 4 is 23.1 Å². The normalized spacial score (nSPS) is 23.4. The third kappa shape index (κ3) is 3.69. The second-order valence-electron chi connectivity index (χ2n) is 7.82. The van der Waals surface area contributed by atoms with Crippen molar-refractivity contribution in [3.63, 3.8) is 0 Å². The molecular formula is C22H28N4O. The van der Waals surface area contributed by atoms with Gasteiger partial charge in [0.25, 0.3) is 0 Å². The van der Waals surface area contributed by atoms with E-state index in [-0.39, 0.29) is 5.41 Å². The number of nitrogens with zero attached hydrogens (tertiary/aromatic N) is 3. The molecule has 5 nitrogen and oxygen atoms in total. The number of fused-ring (bicyclic) bond motifs is 1. The summed E-state index contributed by atoms with van der Waals surface area (Å²) < 4.78 is 5.54. The summed E-state index contributed by atoms with van der Waals surface area (Å²) in [6.07, 6.45) is 8.44. The van der Waals surface area contributed by atoms with Gasteiger partial charge >= 0.3 is 0 Å². The van der Waals surface area contributed by atoms with Crippen LogP contribution >= 0.6 is 0 Å². The molecule has 1 N–H and O–H groups in total. The summed E-state index contributed by atoms with van der Waals surface area (Å²) in [6.45, 7) is 8.87. The van der Waals surface area contributed by atoms with E-state index in [2.05, 4.69) is 61.0 Å². The minimum absolute atomic E-state index is 0.202. The largest absolute Gasteiger partial charge is 0.377 e. The first-order chi connectivity index (χ1) is 13.1. The Hall–Kier alpha value is -2.40. The fourth-order valence-corrected chi connectivity index (χ4v) is 3.59. The molecule has 5 heteroatoms. The lowest BCUT2D eigenvalue weighted by atomic mass is 10.0. The smallest absolute Gasteiger partial charge is 0.161 e. The second kappa shape index (κ2) is 7.31. The number of aromatic nitrogens is 1.